The van der Waals surface area contributed by atoms with Crippen LogP contribution in [0.25, 0.3) is 0 Å². The molecule has 2 unspecified atom stereocenters. The Labute approximate surface area is 167 Å². The number of aliphatic hydroxyl groups excluding tert-OH is 1. The van der Waals surface area contributed by atoms with Gasteiger partial charge in [0.2, 0.25) is 6.10 Å². The molecule has 7 heteroatoms. The summed E-state index contributed by atoms with van der Waals surface area (Å²) in [6.07, 6.45) is 1.41. The van der Waals surface area contributed by atoms with E-state index in [9.17, 15) is 14.3 Å². The van der Waals surface area contributed by atoms with Crippen molar-refractivity contribution in [3.05, 3.63) is 58.0 Å². The Hall–Kier alpha value is -2.25. The van der Waals surface area contributed by atoms with E-state index in [0.717, 1.165) is 29.0 Å². The van der Waals surface area contributed by atoms with E-state index >= 15 is 0 Å². The van der Waals surface area contributed by atoms with Crippen LogP contribution in [0, 0.1) is 11.7 Å². The number of thiophene rings is 1. The fourth-order valence-corrected chi connectivity index (χ4v) is 4.68. The number of likely N-dealkylation sites (tertiary alicyclic amines) is 1. The SMILES string of the molecule is O=C(C1CC(Cc2cccc(F)c2)=NO1)N1CCC(C(O)c2cccs2)CC1. The van der Waals surface area contributed by atoms with Crippen LogP contribution in [0.2, 0.25) is 0 Å². The first kappa shape index (κ1) is 19.1. The quantitative estimate of drug-likeness (QED) is 0.832. The number of rotatable bonds is 5. The van der Waals surface area contributed by atoms with Gasteiger partial charge in [-0.1, -0.05) is 23.4 Å². The largest absolute Gasteiger partial charge is 0.387 e. The Kier molecular flexibility index (Phi) is 5.73. The molecule has 2 aliphatic heterocycles. The van der Waals surface area contributed by atoms with E-state index in [2.05, 4.69) is 5.16 Å². The highest BCUT2D eigenvalue weighted by molar-refractivity contribution is 7.10. The minimum Gasteiger partial charge on any atom is -0.387 e. The number of carbonyl (C=O) groups excluding carboxylic acids is 1. The second-order valence-electron chi connectivity index (χ2n) is 7.39. The molecule has 0 aliphatic carbocycles. The molecule has 2 aromatic rings. The highest BCUT2D eigenvalue weighted by atomic mass is 32.1. The molecule has 1 fully saturated rings. The van der Waals surface area contributed by atoms with Crippen LogP contribution in [0.5, 0.6) is 0 Å². The molecule has 148 valence electrons. The third-order valence-electron chi connectivity index (χ3n) is 5.44. The van der Waals surface area contributed by atoms with Crippen molar-refractivity contribution < 1.29 is 19.1 Å². The molecule has 2 aliphatic rings. The third kappa shape index (κ3) is 4.25. The van der Waals surface area contributed by atoms with Gasteiger partial charge in [-0.05, 0) is 47.9 Å². The van der Waals surface area contributed by atoms with Gasteiger partial charge in [0.1, 0.15) is 5.82 Å². The van der Waals surface area contributed by atoms with Gasteiger partial charge in [-0.2, -0.15) is 0 Å². The molecule has 0 spiro atoms. The number of nitrogens with zero attached hydrogens (tertiary/aromatic N) is 2. The van der Waals surface area contributed by atoms with Crippen molar-refractivity contribution in [2.45, 2.75) is 37.9 Å². The lowest BCUT2D eigenvalue weighted by atomic mass is 9.90. The van der Waals surface area contributed by atoms with E-state index in [0.29, 0.717) is 25.9 Å². The summed E-state index contributed by atoms with van der Waals surface area (Å²) in [5, 5.41) is 16.5. The normalized spacial score (nSPS) is 21.3. The van der Waals surface area contributed by atoms with Crippen LogP contribution in [0.3, 0.4) is 0 Å². The molecule has 3 heterocycles. The van der Waals surface area contributed by atoms with Gasteiger partial charge in [-0.15, -0.1) is 11.3 Å². The van der Waals surface area contributed by atoms with Gasteiger partial charge < -0.3 is 14.8 Å². The van der Waals surface area contributed by atoms with Crippen LogP contribution in [-0.4, -0.2) is 40.8 Å². The maximum absolute atomic E-state index is 13.3. The average Bonchev–Trinajstić information content (AvgIpc) is 3.39. The van der Waals surface area contributed by atoms with Gasteiger partial charge in [-0.3, -0.25) is 4.79 Å². The first-order chi connectivity index (χ1) is 13.6. The molecule has 4 rings (SSSR count). The fraction of sp³-hybridized carbons (Fsp3) is 0.429. The predicted molar refractivity (Wildman–Crippen MR) is 106 cm³/mol. The maximum Gasteiger partial charge on any atom is 0.266 e. The first-order valence-corrected chi connectivity index (χ1v) is 10.4. The monoisotopic (exact) mass is 402 g/mol. The van der Waals surface area contributed by atoms with Gasteiger partial charge in [0.05, 0.1) is 11.8 Å². The van der Waals surface area contributed by atoms with Crippen LogP contribution in [0.15, 0.2) is 46.9 Å². The van der Waals surface area contributed by atoms with Crippen molar-refractivity contribution >= 4 is 23.0 Å². The van der Waals surface area contributed by atoms with Crippen LogP contribution < -0.4 is 0 Å². The van der Waals surface area contributed by atoms with E-state index < -0.39 is 12.2 Å². The summed E-state index contributed by atoms with van der Waals surface area (Å²) in [4.78, 5) is 20.9. The zero-order valence-corrected chi connectivity index (χ0v) is 16.3. The number of hydrogen-bond donors (Lipinski definition) is 1. The summed E-state index contributed by atoms with van der Waals surface area (Å²) in [7, 11) is 0. The van der Waals surface area contributed by atoms with Crippen molar-refractivity contribution in [3.8, 4) is 0 Å². The number of hydrogen-bond acceptors (Lipinski definition) is 5. The molecular formula is C21H23FN2O3S. The first-order valence-electron chi connectivity index (χ1n) is 9.56. The van der Waals surface area contributed by atoms with E-state index in [4.69, 9.17) is 4.84 Å². The molecule has 5 nitrogen and oxygen atoms in total. The standard InChI is InChI=1S/C21H23FN2O3S/c22-16-4-1-3-14(11-16)12-17-13-18(27-23-17)21(26)24-8-6-15(7-9-24)20(25)19-5-2-10-28-19/h1-5,10-11,15,18,20,25H,6-9,12-13H2. The summed E-state index contributed by atoms with van der Waals surface area (Å²) in [5.41, 5.74) is 1.57. The highest BCUT2D eigenvalue weighted by Gasteiger charge is 2.35. The van der Waals surface area contributed by atoms with Gasteiger partial charge in [0.15, 0.2) is 0 Å². The molecule has 28 heavy (non-hydrogen) atoms. The minimum absolute atomic E-state index is 0.0537. The van der Waals surface area contributed by atoms with E-state index in [1.165, 1.54) is 12.1 Å². The smallest absolute Gasteiger partial charge is 0.266 e. The summed E-state index contributed by atoms with van der Waals surface area (Å²) in [6.45, 7) is 1.23. The molecular weight excluding hydrogens is 379 g/mol. The second-order valence-corrected chi connectivity index (χ2v) is 8.36. The number of carbonyl (C=O) groups is 1. The molecule has 1 N–H and O–H groups in total. The molecule has 1 aromatic heterocycles. The van der Waals surface area contributed by atoms with Crippen LogP contribution in [-0.2, 0) is 16.1 Å². The van der Waals surface area contributed by atoms with Crippen LogP contribution in [0.4, 0.5) is 4.39 Å². The van der Waals surface area contributed by atoms with Crippen LogP contribution >= 0.6 is 11.3 Å². The molecule has 1 aromatic carbocycles. The molecule has 0 bridgehead atoms. The van der Waals surface area contributed by atoms with Crippen molar-refractivity contribution in [3.63, 3.8) is 0 Å². The summed E-state index contributed by atoms with van der Waals surface area (Å²) in [6, 6.07) is 10.3. The minimum atomic E-state index is -0.595. The Morgan fingerprint density at radius 2 is 2.14 bits per heavy atom. The number of aliphatic hydroxyl groups is 1. The molecule has 0 radical (unpaired) electrons. The lowest BCUT2D eigenvalue weighted by Crippen LogP contribution is -2.44. The summed E-state index contributed by atoms with van der Waals surface area (Å²) >= 11 is 1.56. The van der Waals surface area contributed by atoms with Gasteiger partial charge >= 0.3 is 0 Å². The zero-order chi connectivity index (χ0) is 19.5. The lowest BCUT2D eigenvalue weighted by molar-refractivity contribution is -0.144. The average molecular weight is 402 g/mol. The van der Waals surface area contributed by atoms with Crippen molar-refractivity contribution in [2.75, 3.05) is 13.1 Å². The van der Waals surface area contributed by atoms with E-state index in [1.54, 1.807) is 17.4 Å². The topological polar surface area (TPSA) is 62.1 Å². The van der Waals surface area contributed by atoms with Gasteiger partial charge in [0, 0.05) is 30.8 Å². The van der Waals surface area contributed by atoms with Gasteiger partial charge in [-0.25, -0.2) is 4.39 Å². The zero-order valence-electron chi connectivity index (χ0n) is 15.5. The second kappa shape index (κ2) is 8.41. The van der Waals surface area contributed by atoms with Crippen molar-refractivity contribution in [1.82, 2.24) is 4.90 Å². The maximum atomic E-state index is 13.3. The van der Waals surface area contributed by atoms with Crippen molar-refractivity contribution in [2.24, 2.45) is 11.1 Å². The van der Waals surface area contributed by atoms with Crippen molar-refractivity contribution in [1.29, 1.82) is 0 Å². The number of piperidine rings is 1. The van der Waals surface area contributed by atoms with E-state index in [1.807, 2.05) is 28.5 Å². The summed E-state index contributed by atoms with van der Waals surface area (Å²) < 4.78 is 13.3. The third-order valence-corrected chi connectivity index (χ3v) is 6.38. The Bertz CT molecular complexity index is 847. The Morgan fingerprint density at radius 3 is 2.86 bits per heavy atom. The van der Waals surface area contributed by atoms with Gasteiger partial charge in [0.25, 0.3) is 5.91 Å². The van der Waals surface area contributed by atoms with E-state index in [-0.39, 0.29) is 17.6 Å². The number of amides is 1. The molecule has 1 saturated heterocycles. The summed E-state index contributed by atoms with van der Waals surface area (Å²) in [5.74, 6) is -0.161. The number of oxime groups is 1. The highest BCUT2D eigenvalue weighted by Crippen LogP contribution is 2.33. The fourth-order valence-electron chi connectivity index (χ4n) is 3.88. The Morgan fingerprint density at radius 1 is 1.32 bits per heavy atom. The van der Waals surface area contributed by atoms with Crippen LogP contribution in [0.1, 0.15) is 35.8 Å². The molecule has 0 saturated carbocycles. The molecule has 1 amide bonds. The predicted octanol–water partition coefficient (Wildman–Crippen LogP) is 3.55. The number of benzene rings is 1. The Balaban J connectivity index is 1.27. The number of halogens is 1. The lowest BCUT2D eigenvalue weighted by Gasteiger charge is -2.34. The molecule has 2 atom stereocenters.